The number of halogens is 7. The summed E-state index contributed by atoms with van der Waals surface area (Å²) in [6, 6.07) is 0. The Kier molecular flexibility index (Phi) is 5.04. The van der Waals surface area contributed by atoms with Gasteiger partial charge >= 0.3 is 18.3 Å². The predicted octanol–water partition coefficient (Wildman–Crippen LogP) is 1.59. The highest BCUT2D eigenvalue weighted by atomic mass is 19.4. The van der Waals surface area contributed by atoms with Gasteiger partial charge in [0.05, 0.1) is 17.7 Å². The third-order valence-corrected chi connectivity index (χ3v) is 5.45. The second kappa shape index (κ2) is 6.16. The summed E-state index contributed by atoms with van der Waals surface area (Å²) in [5, 5.41) is 15.0. The monoisotopic (exact) mass is 412 g/mol. The zero-order valence-electron chi connectivity index (χ0n) is 14.5. The molecule has 3 unspecified atom stereocenters. The van der Waals surface area contributed by atoms with E-state index in [-0.39, 0.29) is 0 Å². The molecular formula is C14H19F7N2O4. The van der Waals surface area contributed by atoms with Gasteiger partial charge < -0.3 is 14.6 Å². The molecule has 0 saturated carbocycles. The van der Waals surface area contributed by atoms with Gasteiger partial charge in [0.25, 0.3) is 5.79 Å². The average Bonchev–Trinajstić information content (AvgIpc) is 2.76. The zero-order valence-corrected chi connectivity index (χ0v) is 14.5. The molecular weight excluding hydrogens is 393 g/mol. The van der Waals surface area contributed by atoms with Gasteiger partial charge in [0.2, 0.25) is 0 Å². The van der Waals surface area contributed by atoms with Crippen LogP contribution in [-0.2, 0) is 14.3 Å². The maximum atomic E-state index is 14.3. The molecule has 3 atom stereocenters. The van der Waals surface area contributed by atoms with Crippen LogP contribution in [-0.4, -0.2) is 60.9 Å². The molecule has 27 heavy (non-hydrogen) atoms. The normalized spacial score (nSPS) is 34.3. The van der Waals surface area contributed by atoms with Crippen LogP contribution in [0.15, 0.2) is 0 Å². The molecule has 0 radical (unpaired) electrons. The first-order chi connectivity index (χ1) is 11.9. The van der Waals surface area contributed by atoms with Crippen molar-refractivity contribution in [2.75, 3.05) is 19.9 Å². The van der Waals surface area contributed by atoms with E-state index < -0.39 is 60.0 Å². The first-order valence-corrected chi connectivity index (χ1v) is 7.76. The van der Waals surface area contributed by atoms with Crippen LogP contribution in [0.25, 0.3) is 0 Å². The summed E-state index contributed by atoms with van der Waals surface area (Å²) >= 11 is 0. The molecule has 2 fully saturated rings. The second-order valence-electron chi connectivity index (χ2n) is 7.36. The average molecular weight is 412 g/mol. The van der Waals surface area contributed by atoms with Gasteiger partial charge in [0.15, 0.2) is 11.6 Å². The van der Waals surface area contributed by atoms with E-state index in [9.17, 15) is 40.6 Å². The predicted molar refractivity (Wildman–Crippen MR) is 74.6 cm³/mol. The van der Waals surface area contributed by atoms with Crippen molar-refractivity contribution in [1.82, 2.24) is 10.6 Å². The Morgan fingerprint density at radius 1 is 1.19 bits per heavy atom. The summed E-state index contributed by atoms with van der Waals surface area (Å²) in [4.78, 5) is 12.3. The first-order valence-electron chi connectivity index (χ1n) is 7.76. The molecule has 13 heteroatoms. The molecule has 3 N–H and O–H groups in total. The molecule has 0 aromatic heterocycles. The zero-order chi connectivity index (χ0) is 21.1. The standard InChI is InChI=1S/C14H19F7N2O4/c1-9(2,10(3)22-6-23-10)8(24)26-4-11(13(16,17)18)5-27-12(25,7(11)15)14(19,20)21/h7,22-23,25H,4-6H2,1-3H3. The minimum absolute atomic E-state index is 0.318. The molecule has 2 aliphatic rings. The number of ether oxygens (including phenoxy) is 2. The van der Waals surface area contributed by atoms with E-state index in [0.717, 1.165) is 0 Å². The number of alkyl halides is 7. The molecule has 0 aliphatic carbocycles. The van der Waals surface area contributed by atoms with Crippen LogP contribution >= 0.6 is 0 Å². The topological polar surface area (TPSA) is 79.8 Å². The third kappa shape index (κ3) is 3.08. The lowest BCUT2D eigenvalue weighted by molar-refractivity contribution is -0.367. The highest BCUT2D eigenvalue weighted by Crippen LogP contribution is 2.55. The Labute approximate surface area is 149 Å². The molecule has 6 nitrogen and oxygen atoms in total. The van der Waals surface area contributed by atoms with E-state index in [2.05, 4.69) is 20.1 Å². The molecule has 0 aromatic carbocycles. The van der Waals surface area contributed by atoms with Crippen LogP contribution < -0.4 is 10.6 Å². The Bertz CT molecular complexity index is 605. The number of rotatable bonds is 4. The largest absolute Gasteiger partial charge is 0.464 e. The lowest BCUT2D eigenvalue weighted by Gasteiger charge is -2.50. The van der Waals surface area contributed by atoms with E-state index in [4.69, 9.17) is 0 Å². The maximum absolute atomic E-state index is 14.3. The van der Waals surface area contributed by atoms with Gasteiger partial charge in [-0.15, -0.1) is 0 Å². The van der Waals surface area contributed by atoms with Crippen molar-refractivity contribution in [3.05, 3.63) is 0 Å². The molecule has 2 aliphatic heterocycles. The molecule has 0 spiro atoms. The summed E-state index contributed by atoms with van der Waals surface area (Å²) in [6.45, 7) is 0.857. The number of carbonyl (C=O) groups excluding carboxylic acids is 1. The van der Waals surface area contributed by atoms with Crippen molar-refractivity contribution >= 4 is 5.97 Å². The van der Waals surface area contributed by atoms with Gasteiger partial charge in [-0.25, -0.2) is 4.39 Å². The van der Waals surface area contributed by atoms with E-state index in [1.54, 1.807) is 0 Å². The molecule has 2 saturated heterocycles. The fraction of sp³-hybridized carbons (Fsp3) is 0.929. The number of carbonyl (C=O) groups is 1. The Hall–Kier alpha value is -1.18. The Morgan fingerprint density at radius 3 is 2.04 bits per heavy atom. The SMILES string of the molecule is CC1(C(C)(C)C(=O)OCC2(C(F)(F)F)COC(O)(C(F)(F)F)C2F)NCN1. The van der Waals surface area contributed by atoms with E-state index >= 15 is 0 Å². The fourth-order valence-electron chi connectivity index (χ4n) is 2.78. The van der Waals surface area contributed by atoms with Crippen LogP contribution in [0.3, 0.4) is 0 Å². The molecule has 2 heterocycles. The Morgan fingerprint density at radius 2 is 1.70 bits per heavy atom. The summed E-state index contributed by atoms with van der Waals surface area (Å²) in [7, 11) is 0. The van der Waals surface area contributed by atoms with Crippen molar-refractivity contribution in [3.63, 3.8) is 0 Å². The number of aliphatic hydroxyl groups is 1. The quantitative estimate of drug-likeness (QED) is 0.481. The highest BCUT2D eigenvalue weighted by molar-refractivity contribution is 5.78. The smallest absolute Gasteiger partial charge is 0.446 e. The van der Waals surface area contributed by atoms with Gasteiger partial charge in [-0.3, -0.25) is 15.4 Å². The van der Waals surface area contributed by atoms with Gasteiger partial charge in [-0.1, -0.05) is 0 Å². The number of esters is 1. The van der Waals surface area contributed by atoms with Crippen LogP contribution in [0.1, 0.15) is 20.8 Å². The first kappa shape index (κ1) is 22.1. The lowest BCUT2D eigenvalue weighted by atomic mass is 9.77. The maximum Gasteiger partial charge on any atom is 0.446 e. The van der Waals surface area contributed by atoms with Crippen LogP contribution in [0.4, 0.5) is 30.7 Å². The number of hydrogen-bond acceptors (Lipinski definition) is 6. The van der Waals surface area contributed by atoms with Gasteiger partial charge in [-0.05, 0) is 20.8 Å². The Balaban J connectivity index is 2.26. The van der Waals surface area contributed by atoms with Crippen molar-refractivity contribution in [1.29, 1.82) is 0 Å². The molecule has 0 amide bonds. The number of hydrogen-bond donors (Lipinski definition) is 3. The third-order valence-electron chi connectivity index (χ3n) is 5.45. The van der Waals surface area contributed by atoms with Crippen LogP contribution in [0.2, 0.25) is 0 Å². The minimum atomic E-state index is -5.82. The van der Waals surface area contributed by atoms with E-state index in [0.29, 0.717) is 6.67 Å². The molecule has 0 bridgehead atoms. The minimum Gasteiger partial charge on any atom is -0.464 e. The fourth-order valence-corrected chi connectivity index (χ4v) is 2.78. The lowest BCUT2D eigenvalue weighted by Crippen LogP contribution is -2.77. The van der Waals surface area contributed by atoms with Crippen LogP contribution in [0, 0.1) is 10.8 Å². The van der Waals surface area contributed by atoms with Gasteiger partial charge in [-0.2, -0.15) is 26.3 Å². The van der Waals surface area contributed by atoms with E-state index in [1.807, 2.05) is 0 Å². The summed E-state index contributed by atoms with van der Waals surface area (Å²) in [5.41, 5.74) is -6.35. The summed E-state index contributed by atoms with van der Waals surface area (Å²) in [5.74, 6) is -5.86. The molecule has 2 rings (SSSR count). The molecule has 158 valence electrons. The summed E-state index contributed by atoms with van der Waals surface area (Å²) < 4.78 is 101. The van der Waals surface area contributed by atoms with Crippen molar-refractivity contribution in [2.45, 2.75) is 50.7 Å². The van der Waals surface area contributed by atoms with Crippen molar-refractivity contribution < 1.29 is 50.1 Å². The van der Waals surface area contributed by atoms with Crippen molar-refractivity contribution in [2.24, 2.45) is 10.8 Å². The molecule has 0 aromatic rings. The second-order valence-corrected chi connectivity index (χ2v) is 7.36. The van der Waals surface area contributed by atoms with Gasteiger partial charge in [0.1, 0.15) is 6.61 Å². The summed E-state index contributed by atoms with van der Waals surface area (Å²) in [6.07, 6.45) is -15.4. The highest BCUT2D eigenvalue weighted by Gasteiger charge is 2.78. The van der Waals surface area contributed by atoms with Crippen LogP contribution in [0.5, 0.6) is 0 Å². The number of nitrogens with one attached hydrogen (secondary N) is 2. The van der Waals surface area contributed by atoms with E-state index in [1.165, 1.54) is 20.8 Å². The van der Waals surface area contributed by atoms with Crippen molar-refractivity contribution in [3.8, 4) is 0 Å². The van der Waals surface area contributed by atoms with Gasteiger partial charge in [0, 0.05) is 6.67 Å².